The molecular weight excluding hydrogens is 292 g/mol. The van der Waals surface area contributed by atoms with Crippen LogP contribution in [0.4, 0.5) is 0 Å². The van der Waals surface area contributed by atoms with Crippen LogP contribution in [0, 0.1) is 13.8 Å². The number of carbonyl (C=O) groups excluding carboxylic acids is 1. The Kier molecular flexibility index (Phi) is 5.92. The Hall–Kier alpha value is -1.86. The topological polar surface area (TPSA) is 87.6 Å². The third-order valence-corrected chi connectivity index (χ3v) is 3.25. The van der Waals surface area contributed by atoms with Gasteiger partial charge in [-0.25, -0.2) is 0 Å². The summed E-state index contributed by atoms with van der Waals surface area (Å²) in [6.45, 7) is 5.22. The zero-order valence-corrected chi connectivity index (χ0v) is 13.5. The lowest BCUT2D eigenvalue weighted by atomic mass is 10.1. The molecule has 1 amide bonds. The molecule has 0 saturated heterocycles. The van der Waals surface area contributed by atoms with Crippen molar-refractivity contribution >= 4 is 18.3 Å². The van der Waals surface area contributed by atoms with Crippen LogP contribution in [0.2, 0.25) is 0 Å². The van der Waals surface area contributed by atoms with Crippen LogP contribution in [0.15, 0.2) is 6.07 Å². The van der Waals surface area contributed by atoms with E-state index in [1.54, 1.807) is 6.07 Å². The first-order valence-electron chi connectivity index (χ1n) is 6.53. The number of aromatic nitrogens is 4. The summed E-state index contributed by atoms with van der Waals surface area (Å²) in [6.07, 6.45) is 0. The first-order chi connectivity index (χ1) is 9.54. The summed E-state index contributed by atoms with van der Waals surface area (Å²) in [5, 5.41) is 17.1. The summed E-state index contributed by atoms with van der Waals surface area (Å²) in [5.41, 5.74) is 4.10. The van der Waals surface area contributed by atoms with E-state index in [2.05, 4.69) is 25.9 Å². The molecule has 2 aromatic rings. The van der Waals surface area contributed by atoms with Gasteiger partial charge in [0.05, 0.1) is 11.4 Å². The monoisotopic (exact) mass is 312 g/mol. The van der Waals surface area contributed by atoms with Gasteiger partial charge in [0.1, 0.15) is 5.69 Å². The van der Waals surface area contributed by atoms with Gasteiger partial charge in [-0.15, -0.1) is 12.4 Å². The van der Waals surface area contributed by atoms with Gasteiger partial charge in [0.25, 0.3) is 5.91 Å². The van der Waals surface area contributed by atoms with Crippen molar-refractivity contribution in [1.82, 2.24) is 30.6 Å². The van der Waals surface area contributed by atoms with Crippen LogP contribution < -0.4 is 10.6 Å². The lowest BCUT2D eigenvalue weighted by Crippen LogP contribution is -2.30. The van der Waals surface area contributed by atoms with Crippen molar-refractivity contribution in [3.8, 4) is 11.3 Å². The normalized spacial score (nSPS) is 10.3. The molecule has 0 aromatic carbocycles. The van der Waals surface area contributed by atoms with E-state index in [-0.39, 0.29) is 18.3 Å². The van der Waals surface area contributed by atoms with Gasteiger partial charge in [0.15, 0.2) is 0 Å². The van der Waals surface area contributed by atoms with Crippen molar-refractivity contribution in [3.05, 3.63) is 23.1 Å². The molecule has 0 aliphatic rings. The summed E-state index contributed by atoms with van der Waals surface area (Å²) in [4.78, 5) is 11.9. The lowest BCUT2D eigenvalue weighted by molar-refractivity contribution is 0.0949. The molecular formula is C13H21ClN6O. The Morgan fingerprint density at radius 2 is 2.10 bits per heavy atom. The minimum Gasteiger partial charge on any atom is -0.349 e. The number of aryl methyl sites for hydroxylation is 2. The number of nitrogens with one attached hydrogen (secondary N) is 3. The SMILES string of the molecule is CNCCNC(=O)c1cc(-c2c(C)nn(C)c2C)n[nH]1.Cl. The van der Waals surface area contributed by atoms with Crippen LogP contribution in [0.5, 0.6) is 0 Å². The Morgan fingerprint density at radius 3 is 2.67 bits per heavy atom. The molecule has 116 valence electrons. The van der Waals surface area contributed by atoms with Gasteiger partial charge in [-0.05, 0) is 27.0 Å². The molecule has 0 aliphatic heterocycles. The van der Waals surface area contributed by atoms with E-state index in [9.17, 15) is 4.79 Å². The van der Waals surface area contributed by atoms with Crippen LogP contribution in [-0.2, 0) is 7.05 Å². The van der Waals surface area contributed by atoms with Gasteiger partial charge in [-0.3, -0.25) is 14.6 Å². The second kappa shape index (κ2) is 7.24. The van der Waals surface area contributed by atoms with Crippen LogP contribution in [0.25, 0.3) is 11.3 Å². The fraction of sp³-hybridized carbons (Fsp3) is 0.462. The highest BCUT2D eigenvalue weighted by atomic mass is 35.5. The molecule has 8 heteroatoms. The van der Waals surface area contributed by atoms with E-state index < -0.39 is 0 Å². The number of hydrogen-bond donors (Lipinski definition) is 3. The fourth-order valence-corrected chi connectivity index (χ4v) is 2.11. The zero-order valence-electron chi connectivity index (χ0n) is 12.6. The van der Waals surface area contributed by atoms with Gasteiger partial charge >= 0.3 is 0 Å². The van der Waals surface area contributed by atoms with E-state index in [4.69, 9.17) is 0 Å². The number of likely N-dealkylation sites (N-methyl/N-ethyl adjacent to an activating group) is 1. The van der Waals surface area contributed by atoms with E-state index >= 15 is 0 Å². The molecule has 0 radical (unpaired) electrons. The standard InChI is InChI=1S/C13H20N6O.ClH/c1-8-12(9(2)19(4)18-8)10-7-11(17-16-10)13(20)15-6-5-14-3;/h7,14H,5-6H2,1-4H3,(H,15,20)(H,16,17);1H. The first kappa shape index (κ1) is 17.2. The minimum absolute atomic E-state index is 0. The number of amides is 1. The van der Waals surface area contributed by atoms with Crippen molar-refractivity contribution in [3.63, 3.8) is 0 Å². The third kappa shape index (κ3) is 3.62. The van der Waals surface area contributed by atoms with E-state index in [1.807, 2.05) is 32.6 Å². The molecule has 0 saturated carbocycles. The summed E-state index contributed by atoms with van der Waals surface area (Å²) in [5.74, 6) is -0.154. The van der Waals surface area contributed by atoms with E-state index in [0.717, 1.165) is 29.2 Å². The largest absolute Gasteiger partial charge is 0.349 e. The maximum absolute atomic E-state index is 11.9. The Labute approximate surface area is 129 Å². The molecule has 0 atom stereocenters. The Balaban J connectivity index is 0.00000220. The third-order valence-electron chi connectivity index (χ3n) is 3.25. The number of nitrogens with zero attached hydrogens (tertiary/aromatic N) is 3. The Morgan fingerprint density at radius 1 is 1.38 bits per heavy atom. The number of H-pyrrole nitrogens is 1. The van der Waals surface area contributed by atoms with Crippen molar-refractivity contribution in [1.29, 1.82) is 0 Å². The predicted molar refractivity (Wildman–Crippen MR) is 83.8 cm³/mol. The molecule has 2 rings (SSSR count). The molecule has 0 bridgehead atoms. The second-order valence-electron chi connectivity index (χ2n) is 4.70. The zero-order chi connectivity index (χ0) is 14.7. The van der Waals surface area contributed by atoms with Crippen LogP contribution >= 0.6 is 12.4 Å². The van der Waals surface area contributed by atoms with Gasteiger partial charge in [0, 0.05) is 31.4 Å². The number of carbonyl (C=O) groups is 1. The van der Waals surface area contributed by atoms with Crippen molar-refractivity contribution < 1.29 is 4.79 Å². The van der Waals surface area contributed by atoms with Gasteiger partial charge < -0.3 is 10.6 Å². The van der Waals surface area contributed by atoms with Crippen molar-refractivity contribution in [2.24, 2.45) is 7.05 Å². The molecule has 7 nitrogen and oxygen atoms in total. The highest BCUT2D eigenvalue weighted by molar-refractivity contribution is 5.93. The van der Waals surface area contributed by atoms with E-state index in [0.29, 0.717) is 12.2 Å². The summed E-state index contributed by atoms with van der Waals surface area (Å²) in [7, 11) is 3.73. The maximum atomic E-state index is 11.9. The van der Waals surface area contributed by atoms with Gasteiger partial charge in [-0.2, -0.15) is 10.2 Å². The fourth-order valence-electron chi connectivity index (χ4n) is 2.11. The van der Waals surface area contributed by atoms with E-state index in [1.165, 1.54) is 0 Å². The first-order valence-corrected chi connectivity index (χ1v) is 6.53. The average Bonchev–Trinajstić information content (AvgIpc) is 2.96. The lowest BCUT2D eigenvalue weighted by Gasteiger charge is -2.01. The average molecular weight is 313 g/mol. The number of aromatic amines is 1. The van der Waals surface area contributed by atoms with Crippen LogP contribution in [-0.4, -0.2) is 46.0 Å². The van der Waals surface area contributed by atoms with Crippen molar-refractivity contribution in [2.45, 2.75) is 13.8 Å². The number of rotatable bonds is 5. The second-order valence-corrected chi connectivity index (χ2v) is 4.70. The quantitative estimate of drug-likeness (QED) is 0.713. The molecule has 0 aliphatic carbocycles. The Bertz CT molecular complexity index is 618. The molecule has 21 heavy (non-hydrogen) atoms. The number of halogens is 1. The number of hydrogen-bond acceptors (Lipinski definition) is 4. The minimum atomic E-state index is -0.154. The maximum Gasteiger partial charge on any atom is 0.269 e. The van der Waals surface area contributed by atoms with Crippen molar-refractivity contribution in [2.75, 3.05) is 20.1 Å². The highest BCUT2D eigenvalue weighted by Crippen LogP contribution is 2.24. The predicted octanol–water partition coefficient (Wildman–Crippen LogP) is 0.798. The van der Waals surface area contributed by atoms with Gasteiger partial charge in [0.2, 0.25) is 0 Å². The molecule has 0 spiro atoms. The van der Waals surface area contributed by atoms with Crippen LogP contribution in [0.1, 0.15) is 21.9 Å². The molecule has 0 unspecified atom stereocenters. The summed E-state index contributed by atoms with van der Waals surface area (Å²) in [6, 6.07) is 1.76. The van der Waals surface area contributed by atoms with Gasteiger partial charge in [-0.1, -0.05) is 0 Å². The molecule has 2 aromatic heterocycles. The molecule has 0 fully saturated rings. The van der Waals surface area contributed by atoms with Crippen LogP contribution in [0.3, 0.4) is 0 Å². The summed E-state index contributed by atoms with van der Waals surface area (Å²) < 4.78 is 1.81. The molecule has 3 N–H and O–H groups in total. The summed E-state index contributed by atoms with van der Waals surface area (Å²) >= 11 is 0. The molecule has 2 heterocycles. The highest BCUT2D eigenvalue weighted by Gasteiger charge is 2.16. The smallest absolute Gasteiger partial charge is 0.269 e.